The molecule has 33 heavy (non-hydrogen) atoms. The smallest absolute Gasteiger partial charge is 0.416 e. The number of halogens is 3. The first kappa shape index (κ1) is 23.7. The third kappa shape index (κ3) is 4.76. The Morgan fingerprint density at radius 2 is 1.94 bits per heavy atom. The van der Waals surface area contributed by atoms with Gasteiger partial charge in [0, 0.05) is 30.4 Å². The number of carbonyl (C=O) groups is 2. The quantitative estimate of drug-likeness (QED) is 0.573. The fraction of sp³-hybridized carbons (Fsp3) is 0.560. The molecule has 3 atom stereocenters. The number of Topliss-reactive ketones (excluding diaryl/α,β-unsaturated/α-hetero) is 1. The number of ketones is 1. The molecule has 2 heterocycles. The van der Waals surface area contributed by atoms with E-state index in [4.69, 9.17) is 9.47 Å². The molecule has 2 aliphatic heterocycles. The van der Waals surface area contributed by atoms with E-state index in [0.29, 0.717) is 24.4 Å². The van der Waals surface area contributed by atoms with Crippen molar-refractivity contribution >= 4 is 17.5 Å². The average molecular weight is 463 g/mol. The highest BCUT2D eigenvalue weighted by molar-refractivity contribution is 6.12. The molecule has 1 saturated carbocycles. The maximum atomic E-state index is 14.0. The SMILES string of the molecule is CC1=C(C(=O)OC[C@H]2CCCO2)[C@@H](c2ccccc2C(F)(F)F)[C@H]2C(=O)CC(C)(C)CC2=N1. The van der Waals surface area contributed by atoms with Crippen LogP contribution < -0.4 is 0 Å². The summed E-state index contributed by atoms with van der Waals surface area (Å²) in [6.45, 7) is 6.08. The van der Waals surface area contributed by atoms with Gasteiger partial charge in [-0.1, -0.05) is 32.0 Å². The second-order valence-electron chi connectivity index (χ2n) is 9.86. The summed E-state index contributed by atoms with van der Waals surface area (Å²) in [5.41, 5.74) is -0.451. The molecule has 2 fully saturated rings. The number of ether oxygens (including phenoxy) is 2. The third-order valence-electron chi connectivity index (χ3n) is 6.61. The van der Waals surface area contributed by atoms with Crippen molar-refractivity contribution in [2.24, 2.45) is 16.3 Å². The van der Waals surface area contributed by atoms with Crippen molar-refractivity contribution in [3.05, 3.63) is 46.7 Å². The molecule has 0 spiro atoms. The molecule has 5 nitrogen and oxygen atoms in total. The van der Waals surface area contributed by atoms with E-state index in [9.17, 15) is 22.8 Å². The van der Waals surface area contributed by atoms with Crippen LogP contribution in [0.3, 0.4) is 0 Å². The molecular formula is C25H28F3NO4. The van der Waals surface area contributed by atoms with Gasteiger partial charge in [-0.3, -0.25) is 9.79 Å². The number of fused-ring (bicyclic) bond motifs is 1. The lowest BCUT2D eigenvalue weighted by atomic mass is 9.63. The standard InChI is InChI=1S/C25H28F3NO4/c1-14-20(23(31)33-13-15-7-6-10-32-15)21(16-8-4-5-9-17(16)25(26,27)28)22-18(29-14)11-24(2,3)12-19(22)30/h4-5,8-9,15,21-22H,6-7,10-13H2,1-3H3/t15-,21-,22-/m1/s1. The minimum Gasteiger partial charge on any atom is -0.460 e. The Balaban J connectivity index is 1.80. The van der Waals surface area contributed by atoms with E-state index in [1.165, 1.54) is 18.2 Å². The molecule has 1 aromatic rings. The molecule has 0 amide bonds. The van der Waals surface area contributed by atoms with Gasteiger partial charge >= 0.3 is 12.1 Å². The number of benzene rings is 1. The van der Waals surface area contributed by atoms with Gasteiger partial charge in [0.25, 0.3) is 0 Å². The minimum absolute atomic E-state index is 0.0193. The van der Waals surface area contributed by atoms with Crippen LogP contribution in [-0.2, 0) is 25.2 Å². The topological polar surface area (TPSA) is 65.0 Å². The predicted octanol–water partition coefficient (Wildman–Crippen LogP) is 5.25. The second-order valence-corrected chi connectivity index (χ2v) is 9.86. The van der Waals surface area contributed by atoms with Crippen molar-refractivity contribution in [3.63, 3.8) is 0 Å². The molecule has 1 aromatic carbocycles. The van der Waals surface area contributed by atoms with Crippen LogP contribution in [0, 0.1) is 11.3 Å². The van der Waals surface area contributed by atoms with E-state index < -0.39 is 29.5 Å². The highest BCUT2D eigenvalue weighted by atomic mass is 19.4. The van der Waals surface area contributed by atoms with Gasteiger partial charge < -0.3 is 9.47 Å². The number of esters is 1. The average Bonchev–Trinajstić information content (AvgIpc) is 3.23. The lowest BCUT2D eigenvalue weighted by molar-refractivity contribution is -0.143. The molecule has 0 unspecified atom stereocenters. The zero-order valence-electron chi connectivity index (χ0n) is 19.0. The summed E-state index contributed by atoms with van der Waals surface area (Å²) in [7, 11) is 0. The van der Waals surface area contributed by atoms with Gasteiger partial charge in [0.1, 0.15) is 12.4 Å². The maximum absolute atomic E-state index is 14.0. The number of hydrogen-bond donors (Lipinski definition) is 0. The lowest BCUT2D eigenvalue weighted by Gasteiger charge is -2.41. The van der Waals surface area contributed by atoms with Gasteiger partial charge in [0.15, 0.2) is 0 Å². The van der Waals surface area contributed by atoms with Gasteiger partial charge in [-0.15, -0.1) is 0 Å². The van der Waals surface area contributed by atoms with E-state index in [1.54, 1.807) is 6.92 Å². The molecule has 4 rings (SSSR count). The van der Waals surface area contributed by atoms with Crippen molar-refractivity contribution in [2.45, 2.75) is 64.7 Å². The van der Waals surface area contributed by atoms with Crippen LogP contribution in [0.4, 0.5) is 13.2 Å². The molecule has 1 aliphatic carbocycles. The van der Waals surface area contributed by atoms with Crippen molar-refractivity contribution in [1.82, 2.24) is 0 Å². The maximum Gasteiger partial charge on any atom is 0.416 e. The monoisotopic (exact) mass is 463 g/mol. The molecule has 8 heteroatoms. The lowest BCUT2D eigenvalue weighted by Crippen LogP contribution is -2.44. The molecule has 0 bridgehead atoms. The Bertz CT molecular complexity index is 1020. The molecule has 3 aliphatic rings. The van der Waals surface area contributed by atoms with Gasteiger partial charge in [0.05, 0.1) is 23.2 Å². The van der Waals surface area contributed by atoms with Crippen LogP contribution in [0.2, 0.25) is 0 Å². The van der Waals surface area contributed by atoms with Gasteiger partial charge in [-0.2, -0.15) is 13.2 Å². The summed E-state index contributed by atoms with van der Waals surface area (Å²) in [6, 6.07) is 5.15. The van der Waals surface area contributed by atoms with Gasteiger partial charge in [0.2, 0.25) is 0 Å². The summed E-state index contributed by atoms with van der Waals surface area (Å²) in [5, 5.41) is 0. The first-order chi connectivity index (χ1) is 15.5. The molecule has 178 valence electrons. The first-order valence-corrected chi connectivity index (χ1v) is 11.2. The highest BCUT2D eigenvalue weighted by Gasteiger charge is 2.49. The van der Waals surface area contributed by atoms with Gasteiger partial charge in [-0.05, 0) is 43.2 Å². The van der Waals surface area contributed by atoms with Crippen LogP contribution in [-0.4, -0.2) is 36.8 Å². The molecule has 1 saturated heterocycles. The van der Waals surface area contributed by atoms with Gasteiger partial charge in [-0.25, -0.2) is 4.79 Å². The second kappa shape index (κ2) is 8.70. The van der Waals surface area contributed by atoms with Crippen LogP contribution in [0.15, 0.2) is 40.5 Å². The van der Waals surface area contributed by atoms with E-state index in [2.05, 4.69) is 4.99 Å². The van der Waals surface area contributed by atoms with E-state index in [0.717, 1.165) is 18.9 Å². The Morgan fingerprint density at radius 1 is 1.21 bits per heavy atom. The van der Waals surface area contributed by atoms with E-state index >= 15 is 0 Å². The Labute approximate surface area is 191 Å². The number of allylic oxidation sites excluding steroid dienone is 1. The number of nitrogens with zero attached hydrogens (tertiary/aromatic N) is 1. The van der Waals surface area contributed by atoms with E-state index in [-0.39, 0.29) is 41.5 Å². The van der Waals surface area contributed by atoms with Crippen LogP contribution in [0.25, 0.3) is 0 Å². The number of aliphatic imine (C=N–C) groups is 1. The zero-order chi connectivity index (χ0) is 24.0. The fourth-order valence-corrected chi connectivity index (χ4v) is 5.24. The normalized spacial score (nSPS) is 27.3. The number of hydrogen-bond acceptors (Lipinski definition) is 5. The first-order valence-electron chi connectivity index (χ1n) is 11.2. The fourth-order valence-electron chi connectivity index (χ4n) is 5.24. The van der Waals surface area contributed by atoms with Crippen molar-refractivity contribution < 1.29 is 32.2 Å². The zero-order valence-corrected chi connectivity index (χ0v) is 19.0. The van der Waals surface area contributed by atoms with E-state index in [1.807, 2.05) is 13.8 Å². The summed E-state index contributed by atoms with van der Waals surface area (Å²) >= 11 is 0. The van der Waals surface area contributed by atoms with Crippen LogP contribution in [0.5, 0.6) is 0 Å². The third-order valence-corrected chi connectivity index (χ3v) is 6.61. The summed E-state index contributed by atoms with van der Waals surface area (Å²) in [4.78, 5) is 31.1. The highest BCUT2D eigenvalue weighted by Crippen LogP contribution is 2.49. The summed E-state index contributed by atoms with van der Waals surface area (Å²) in [5.74, 6) is -2.97. The number of alkyl halides is 3. The van der Waals surface area contributed by atoms with Crippen LogP contribution >= 0.6 is 0 Å². The Hall–Kier alpha value is -2.48. The Kier molecular flexibility index (Phi) is 6.24. The molecule has 0 aromatic heterocycles. The largest absolute Gasteiger partial charge is 0.460 e. The number of rotatable bonds is 4. The summed E-state index contributed by atoms with van der Waals surface area (Å²) in [6.07, 6.45) is -2.56. The van der Waals surface area contributed by atoms with Crippen molar-refractivity contribution in [2.75, 3.05) is 13.2 Å². The number of carbonyl (C=O) groups excluding carboxylic acids is 2. The molecule has 0 N–H and O–H groups in total. The Morgan fingerprint density at radius 3 is 2.61 bits per heavy atom. The van der Waals surface area contributed by atoms with Crippen molar-refractivity contribution in [3.8, 4) is 0 Å². The molecule has 0 radical (unpaired) electrons. The molecular weight excluding hydrogens is 435 g/mol. The summed E-state index contributed by atoms with van der Waals surface area (Å²) < 4.78 is 52.9. The minimum atomic E-state index is -4.64. The van der Waals surface area contributed by atoms with Crippen LogP contribution in [0.1, 0.15) is 63.5 Å². The predicted molar refractivity (Wildman–Crippen MR) is 116 cm³/mol. The van der Waals surface area contributed by atoms with Crippen molar-refractivity contribution in [1.29, 1.82) is 0 Å².